The second-order valence-electron chi connectivity index (χ2n) is 2.04. The first kappa shape index (κ1) is 7.94. The predicted molar refractivity (Wildman–Crippen MR) is 32.3 cm³/mol. The first-order valence-electron chi connectivity index (χ1n) is 2.38. The van der Waals surface area contributed by atoms with E-state index in [9.17, 15) is 4.79 Å². The van der Waals surface area contributed by atoms with Gasteiger partial charge in [-0.3, -0.25) is 0 Å². The molecule has 0 atom stereocenters. The molecule has 0 aliphatic heterocycles. The number of hydrogen-bond donors (Lipinski definition) is 1. The molecular formula is C5H9NO3. The van der Waals surface area contributed by atoms with Crippen molar-refractivity contribution in [3.63, 3.8) is 0 Å². The SMILES string of the molecule is C=NOC(C)(C)C(=O)O. The summed E-state index contributed by atoms with van der Waals surface area (Å²) in [6.45, 7) is 5.78. The van der Waals surface area contributed by atoms with E-state index in [2.05, 4.69) is 16.7 Å². The van der Waals surface area contributed by atoms with Gasteiger partial charge in [-0.15, -0.1) is 5.16 Å². The van der Waals surface area contributed by atoms with E-state index in [1.807, 2.05) is 0 Å². The van der Waals surface area contributed by atoms with E-state index < -0.39 is 11.6 Å². The van der Waals surface area contributed by atoms with Gasteiger partial charge in [-0.2, -0.15) is 0 Å². The molecule has 0 saturated heterocycles. The third kappa shape index (κ3) is 2.12. The average molecular weight is 131 g/mol. The van der Waals surface area contributed by atoms with Crippen molar-refractivity contribution >= 4 is 12.7 Å². The Labute approximate surface area is 53.1 Å². The van der Waals surface area contributed by atoms with E-state index in [0.29, 0.717) is 0 Å². The minimum atomic E-state index is -1.26. The van der Waals surface area contributed by atoms with E-state index >= 15 is 0 Å². The van der Waals surface area contributed by atoms with Crippen LogP contribution in [0.25, 0.3) is 0 Å². The van der Waals surface area contributed by atoms with Gasteiger partial charge in [0.1, 0.15) is 0 Å². The van der Waals surface area contributed by atoms with Crippen LogP contribution in [0.4, 0.5) is 0 Å². The van der Waals surface area contributed by atoms with Crippen molar-refractivity contribution in [2.45, 2.75) is 19.4 Å². The Bertz CT molecular complexity index is 130. The van der Waals surface area contributed by atoms with Gasteiger partial charge in [-0.25, -0.2) is 4.79 Å². The van der Waals surface area contributed by atoms with Crippen LogP contribution in [-0.2, 0) is 9.63 Å². The number of carbonyl (C=O) groups is 1. The first-order chi connectivity index (χ1) is 4.00. The summed E-state index contributed by atoms with van der Waals surface area (Å²) >= 11 is 0. The van der Waals surface area contributed by atoms with Crippen molar-refractivity contribution in [1.82, 2.24) is 0 Å². The second-order valence-corrected chi connectivity index (χ2v) is 2.04. The molecule has 0 heterocycles. The lowest BCUT2D eigenvalue weighted by Gasteiger charge is -2.14. The second kappa shape index (κ2) is 2.48. The van der Waals surface area contributed by atoms with Crippen LogP contribution in [0, 0.1) is 0 Å². The lowest BCUT2D eigenvalue weighted by molar-refractivity contribution is -0.161. The predicted octanol–water partition coefficient (Wildman–Crippen LogP) is 0.482. The molecule has 0 rings (SSSR count). The highest BCUT2D eigenvalue weighted by molar-refractivity contribution is 5.76. The highest BCUT2D eigenvalue weighted by atomic mass is 16.7. The van der Waals surface area contributed by atoms with E-state index in [-0.39, 0.29) is 0 Å². The Hall–Kier alpha value is -1.06. The Kier molecular flexibility index (Phi) is 2.19. The number of oxime groups is 1. The molecule has 0 saturated carbocycles. The molecule has 1 N–H and O–H groups in total. The van der Waals surface area contributed by atoms with E-state index in [0.717, 1.165) is 0 Å². The smallest absolute Gasteiger partial charge is 0.350 e. The summed E-state index contributed by atoms with van der Waals surface area (Å²) < 4.78 is 0. The van der Waals surface area contributed by atoms with Gasteiger partial charge < -0.3 is 9.94 Å². The van der Waals surface area contributed by atoms with Gasteiger partial charge in [0, 0.05) is 6.72 Å². The van der Waals surface area contributed by atoms with Crippen molar-refractivity contribution in [3.05, 3.63) is 0 Å². The van der Waals surface area contributed by atoms with Crippen molar-refractivity contribution in [2.75, 3.05) is 0 Å². The molecule has 0 amide bonds. The summed E-state index contributed by atoms with van der Waals surface area (Å²) in [6.07, 6.45) is 0. The number of carboxylic acid groups (broad SMARTS) is 1. The van der Waals surface area contributed by atoms with Crippen LogP contribution in [0.3, 0.4) is 0 Å². The van der Waals surface area contributed by atoms with Gasteiger partial charge in [0.2, 0.25) is 5.60 Å². The monoisotopic (exact) mass is 131 g/mol. The molecular weight excluding hydrogens is 122 g/mol. The van der Waals surface area contributed by atoms with Gasteiger partial charge in [-0.05, 0) is 13.8 Å². The maximum atomic E-state index is 10.2. The van der Waals surface area contributed by atoms with Crippen LogP contribution < -0.4 is 0 Å². The number of nitrogens with zero attached hydrogens (tertiary/aromatic N) is 1. The van der Waals surface area contributed by atoms with Crippen LogP contribution in [0.2, 0.25) is 0 Å². The highest BCUT2D eigenvalue weighted by Crippen LogP contribution is 2.07. The van der Waals surface area contributed by atoms with Crippen LogP contribution in [0.15, 0.2) is 5.16 Å². The largest absolute Gasteiger partial charge is 0.478 e. The fourth-order valence-corrected chi connectivity index (χ4v) is 0.200. The fraction of sp³-hybridized carbons (Fsp3) is 0.600. The standard InChI is InChI=1S/C5H9NO3/c1-5(2,4(7)8)9-6-3/h3H2,1-2H3,(H,7,8). The topological polar surface area (TPSA) is 58.9 Å². The molecule has 9 heavy (non-hydrogen) atoms. The molecule has 0 bridgehead atoms. The minimum Gasteiger partial charge on any atom is -0.478 e. The zero-order valence-corrected chi connectivity index (χ0v) is 5.42. The Morgan fingerprint density at radius 1 is 1.78 bits per heavy atom. The quantitative estimate of drug-likeness (QED) is 0.447. The number of aliphatic carboxylic acids is 1. The zero-order chi connectivity index (χ0) is 7.49. The molecule has 0 aliphatic rings. The lowest BCUT2D eigenvalue weighted by atomic mass is 10.1. The Balaban J connectivity index is 4.00. The molecule has 0 radical (unpaired) electrons. The molecule has 4 nitrogen and oxygen atoms in total. The average Bonchev–Trinajstić information content (AvgIpc) is 1.65. The van der Waals surface area contributed by atoms with E-state index in [4.69, 9.17) is 5.11 Å². The maximum absolute atomic E-state index is 10.2. The maximum Gasteiger partial charge on any atom is 0.350 e. The zero-order valence-electron chi connectivity index (χ0n) is 5.42. The summed E-state index contributed by atoms with van der Waals surface area (Å²) in [4.78, 5) is 14.6. The highest BCUT2D eigenvalue weighted by Gasteiger charge is 2.29. The van der Waals surface area contributed by atoms with E-state index in [1.54, 1.807) is 0 Å². The van der Waals surface area contributed by atoms with Gasteiger partial charge in [0.15, 0.2) is 0 Å². The molecule has 0 aliphatic carbocycles. The van der Waals surface area contributed by atoms with Crippen LogP contribution in [-0.4, -0.2) is 23.4 Å². The normalized spacial score (nSPS) is 10.4. The van der Waals surface area contributed by atoms with Crippen LogP contribution in [0.1, 0.15) is 13.8 Å². The summed E-state index contributed by atoms with van der Waals surface area (Å²) in [5.74, 6) is -1.06. The molecule has 0 aromatic rings. The number of hydrogen-bond acceptors (Lipinski definition) is 3. The molecule has 52 valence electrons. The first-order valence-corrected chi connectivity index (χ1v) is 2.38. The molecule has 0 unspecified atom stereocenters. The Morgan fingerprint density at radius 3 is 2.33 bits per heavy atom. The van der Waals surface area contributed by atoms with Crippen LogP contribution >= 0.6 is 0 Å². The fourth-order valence-electron chi connectivity index (χ4n) is 0.200. The molecule has 0 aromatic heterocycles. The number of carboxylic acids is 1. The summed E-state index contributed by atoms with van der Waals surface area (Å²) in [5, 5.41) is 11.4. The van der Waals surface area contributed by atoms with Crippen molar-refractivity contribution in [1.29, 1.82) is 0 Å². The third-order valence-electron chi connectivity index (χ3n) is 0.808. The summed E-state index contributed by atoms with van der Waals surface area (Å²) in [7, 11) is 0. The van der Waals surface area contributed by atoms with Gasteiger partial charge in [-0.1, -0.05) is 0 Å². The third-order valence-corrected chi connectivity index (χ3v) is 0.808. The molecule has 4 heteroatoms. The summed E-state index contributed by atoms with van der Waals surface area (Å²) in [5.41, 5.74) is -1.26. The number of rotatable bonds is 3. The molecule has 0 spiro atoms. The van der Waals surface area contributed by atoms with Crippen molar-refractivity contribution in [3.8, 4) is 0 Å². The lowest BCUT2D eigenvalue weighted by Crippen LogP contribution is -2.32. The van der Waals surface area contributed by atoms with Gasteiger partial charge in [0.05, 0.1) is 0 Å². The molecule has 0 fully saturated rings. The summed E-state index contributed by atoms with van der Waals surface area (Å²) in [6, 6.07) is 0. The van der Waals surface area contributed by atoms with E-state index in [1.165, 1.54) is 13.8 Å². The Morgan fingerprint density at radius 2 is 2.22 bits per heavy atom. The molecule has 0 aromatic carbocycles. The van der Waals surface area contributed by atoms with Crippen LogP contribution in [0.5, 0.6) is 0 Å². The minimum absolute atomic E-state index is 1.06. The van der Waals surface area contributed by atoms with Gasteiger partial charge >= 0.3 is 5.97 Å². The van der Waals surface area contributed by atoms with Crippen molar-refractivity contribution in [2.24, 2.45) is 5.16 Å². The van der Waals surface area contributed by atoms with Crippen molar-refractivity contribution < 1.29 is 14.7 Å². The van der Waals surface area contributed by atoms with Gasteiger partial charge in [0.25, 0.3) is 0 Å².